The molecule has 0 bridgehead atoms. The van der Waals surface area contributed by atoms with E-state index in [0.717, 1.165) is 42.9 Å². The average Bonchev–Trinajstić information content (AvgIpc) is 1.52. The molecule has 5 atom stereocenters. The average molecular weight is 1220 g/mol. The molecule has 0 aliphatic carbocycles. The van der Waals surface area contributed by atoms with E-state index in [0.29, 0.717) is 50.8 Å². The third kappa shape index (κ3) is 12.5. The number of carbonyl (C=O) groups is 2. The summed E-state index contributed by atoms with van der Waals surface area (Å²) in [7, 11) is 0. The molecule has 2 amide bonds. The van der Waals surface area contributed by atoms with Crippen molar-refractivity contribution in [3.63, 3.8) is 0 Å². The summed E-state index contributed by atoms with van der Waals surface area (Å²) < 4.78 is 47.4. The molecular formula is C60H70F2N14O8S2. The van der Waals surface area contributed by atoms with Gasteiger partial charge in [-0.05, 0) is 136 Å². The largest absolute Gasteiger partial charge is 0.370 e. The van der Waals surface area contributed by atoms with E-state index in [1.807, 2.05) is 13.8 Å². The van der Waals surface area contributed by atoms with Crippen LogP contribution >= 0.6 is 22.7 Å². The first kappa shape index (κ1) is 63.7. The van der Waals surface area contributed by atoms with Crippen molar-refractivity contribution in [2.75, 3.05) is 13.2 Å². The van der Waals surface area contributed by atoms with Crippen molar-refractivity contribution in [3.8, 4) is 22.1 Å². The number of hydrogen-bond acceptors (Lipinski definition) is 16. The number of halogens is 2. The zero-order valence-corrected chi connectivity index (χ0v) is 51.9. The van der Waals surface area contributed by atoms with E-state index >= 15 is 18.4 Å². The fourth-order valence-corrected chi connectivity index (χ4v) is 12.8. The van der Waals surface area contributed by atoms with Gasteiger partial charge in [0, 0.05) is 29.6 Å². The van der Waals surface area contributed by atoms with Crippen LogP contribution in [-0.2, 0) is 62.5 Å². The second kappa shape index (κ2) is 25.7. The third-order valence-electron chi connectivity index (χ3n) is 15.1. The molecule has 0 spiro atoms. The molecule has 0 radical (unpaired) electrons. The quantitative estimate of drug-likeness (QED) is 0.0592. The van der Waals surface area contributed by atoms with Crippen molar-refractivity contribution in [1.82, 2.24) is 58.9 Å². The number of aryl methyl sites for hydroxylation is 4. The van der Waals surface area contributed by atoms with E-state index in [9.17, 15) is 29.7 Å². The molecule has 0 saturated heterocycles. The monoisotopic (exact) mass is 1220 g/mol. The summed E-state index contributed by atoms with van der Waals surface area (Å²) >= 11 is 2.12. The first-order valence-electron chi connectivity index (χ1n) is 28.3. The van der Waals surface area contributed by atoms with Gasteiger partial charge < -0.3 is 20.1 Å². The zero-order valence-electron chi connectivity index (χ0n) is 50.3. The molecule has 2 N–H and O–H groups in total. The number of nitriles is 2. The molecule has 8 rings (SSSR count). The lowest BCUT2D eigenvalue weighted by atomic mass is 9.99. The van der Waals surface area contributed by atoms with E-state index in [2.05, 4.69) is 38.1 Å². The van der Waals surface area contributed by atoms with Gasteiger partial charge in [-0.2, -0.15) is 30.9 Å². The van der Waals surface area contributed by atoms with Crippen LogP contribution in [0.3, 0.4) is 0 Å². The van der Waals surface area contributed by atoms with Crippen LogP contribution < -0.4 is 33.1 Å². The second-order valence-corrected chi connectivity index (χ2v) is 24.8. The zero-order chi connectivity index (χ0) is 62.9. The van der Waals surface area contributed by atoms with Crippen molar-refractivity contribution in [1.29, 1.82) is 10.5 Å². The Kier molecular flexibility index (Phi) is 19.1. The number of ether oxygens (including phenoxy) is 2. The summed E-state index contributed by atoms with van der Waals surface area (Å²) in [6.07, 6.45) is 3.46. The Morgan fingerprint density at radius 1 is 0.663 bits per heavy atom. The Hall–Kier alpha value is -8.30. The number of carbonyl (C=O) groups excluding carboxylic acids is 2. The summed E-state index contributed by atoms with van der Waals surface area (Å²) in [6.45, 7) is 20.9. The number of aromatic nitrogens is 10. The summed E-state index contributed by atoms with van der Waals surface area (Å²) in [6, 6.07) is 11.8. The van der Waals surface area contributed by atoms with E-state index in [-0.39, 0.29) is 59.2 Å². The van der Waals surface area contributed by atoms with Gasteiger partial charge in [0.1, 0.15) is 54.6 Å². The van der Waals surface area contributed by atoms with Crippen LogP contribution in [0.2, 0.25) is 0 Å². The Morgan fingerprint density at radius 2 is 1.09 bits per heavy atom. The van der Waals surface area contributed by atoms with Gasteiger partial charge in [-0.1, -0.05) is 48.7 Å². The number of benzene rings is 2. The Balaban J connectivity index is 1.16. The fourth-order valence-electron chi connectivity index (χ4n) is 10.4. The molecule has 454 valence electrons. The minimum absolute atomic E-state index is 0.0597. The predicted octanol–water partition coefficient (Wildman–Crippen LogP) is 7.52. The molecular weight excluding hydrogens is 1150 g/mol. The fraction of sp³-hybridized carbons (Fsp3) is 0.467. The number of fused-ring (bicyclic) bond motifs is 2. The molecule has 6 aromatic heterocycles. The van der Waals surface area contributed by atoms with Gasteiger partial charge in [-0.15, -0.1) is 9.59 Å². The van der Waals surface area contributed by atoms with Gasteiger partial charge in [-0.25, -0.2) is 27.5 Å². The smallest absolute Gasteiger partial charge is 0.333 e. The number of thiophene rings is 2. The van der Waals surface area contributed by atoms with Crippen molar-refractivity contribution in [2.45, 2.75) is 158 Å². The van der Waals surface area contributed by atoms with Gasteiger partial charge >= 0.3 is 11.4 Å². The van der Waals surface area contributed by atoms with Crippen LogP contribution in [-0.4, -0.2) is 85.4 Å². The highest BCUT2D eigenvalue weighted by Crippen LogP contribution is 2.36. The molecule has 6 heterocycles. The third-order valence-corrected chi connectivity index (χ3v) is 17.7. The maximum Gasteiger partial charge on any atom is 0.333 e. The predicted molar refractivity (Wildman–Crippen MR) is 322 cm³/mol. The first-order chi connectivity index (χ1) is 40.7. The van der Waals surface area contributed by atoms with Crippen molar-refractivity contribution in [2.24, 2.45) is 11.8 Å². The standard InChI is InChI=1S/C60H70F2N14O8S2/c1-14-38-16-18-40(61)23-43(38)45(83-30-33(5)25-63)28-71-53-47(36(8)51(85-53)75-65-20-21-66-75)49(77)74(58(71)82)60(12,13)56(80)69-35(7)22-42-27-67-76(70-42)52-37(9)48-50(78)73(59(10,11)55(79)68-32(3)4)57(81)72(54(48)86-52)29-46(84-31-34(6)26-64)44-24-41(62)19-17-39(44)15-2/h16-21,23-24,27,32-35,45-46H,14-15,22,28-31H2,1-13H3,(H,68,79)(H,69,80)/t33-,34+,35?,45-,46-/m1/s1. The molecule has 0 fully saturated rings. The highest BCUT2D eigenvalue weighted by atomic mass is 32.1. The van der Waals surface area contributed by atoms with Crippen LogP contribution in [0.4, 0.5) is 8.78 Å². The van der Waals surface area contributed by atoms with Gasteiger partial charge in [0.25, 0.3) is 11.1 Å². The maximum atomic E-state index is 15.2. The summed E-state index contributed by atoms with van der Waals surface area (Å²) in [5.41, 5.74) is -3.25. The SMILES string of the molecule is CCc1ccc(F)cc1[C@@H](Cn1c(=O)n(C(C)(C)C(=O)NC(C)C)c(=O)c2c(C)c(-n3ncc(CC(C)NC(=O)C(C)(C)n4c(=O)c5c(C)c(-n6nccn6)sc5n(C[C@@H](OC[C@H](C)C#N)c5cc(F)ccc5CC)c4=O)n3)sc21)OC[C@@H](C)C#N. The lowest BCUT2D eigenvalue weighted by Crippen LogP contribution is -2.57. The van der Waals surface area contributed by atoms with Crippen molar-refractivity contribution in [3.05, 3.63) is 147 Å². The topological polar surface area (TPSA) is 274 Å². The molecule has 2 aromatic carbocycles. The summed E-state index contributed by atoms with van der Waals surface area (Å²) in [5.74, 6) is -3.52. The Bertz CT molecular complexity index is 4210. The van der Waals surface area contributed by atoms with Gasteiger partial charge in [-0.3, -0.25) is 28.3 Å². The molecule has 0 aliphatic rings. The van der Waals surface area contributed by atoms with Gasteiger partial charge in [0.2, 0.25) is 11.8 Å². The van der Waals surface area contributed by atoms with Gasteiger partial charge in [0.05, 0.1) is 85.3 Å². The van der Waals surface area contributed by atoms with E-state index in [1.165, 1.54) is 89.3 Å². The van der Waals surface area contributed by atoms with Crippen LogP contribution in [0.1, 0.15) is 127 Å². The van der Waals surface area contributed by atoms with Crippen LogP contribution in [0.25, 0.3) is 30.4 Å². The Labute approximate surface area is 502 Å². The minimum atomic E-state index is -1.86. The highest BCUT2D eigenvalue weighted by Gasteiger charge is 2.39. The van der Waals surface area contributed by atoms with Gasteiger partial charge in [0.15, 0.2) is 0 Å². The number of hydrogen-bond donors (Lipinski definition) is 2. The van der Waals surface area contributed by atoms with E-state index in [1.54, 1.807) is 60.6 Å². The van der Waals surface area contributed by atoms with Crippen LogP contribution in [0, 0.1) is 60.0 Å². The molecule has 86 heavy (non-hydrogen) atoms. The first-order valence-corrected chi connectivity index (χ1v) is 29.9. The van der Waals surface area contributed by atoms with Crippen LogP contribution in [0.15, 0.2) is 74.2 Å². The van der Waals surface area contributed by atoms with Crippen LogP contribution in [0.5, 0.6) is 0 Å². The minimum Gasteiger partial charge on any atom is -0.370 e. The summed E-state index contributed by atoms with van der Waals surface area (Å²) in [5, 5.41) is 44.0. The molecule has 8 aromatic rings. The van der Waals surface area contributed by atoms with Crippen molar-refractivity contribution < 1.29 is 27.8 Å². The van der Waals surface area contributed by atoms with Crippen molar-refractivity contribution >= 4 is 54.9 Å². The number of amides is 2. The number of nitrogens with zero attached hydrogens (tertiary/aromatic N) is 12. The maximum absolute atomic E-state index is 15.2. The normalized spacial score (nSPS) is 13.8. The Morgan fingerprint density at radius 3 is 1.51 bits per heavy atom. The lowest BCUT2D eigenvalue weighted by Gasteiger charge is -2.29. The molecule has 0 saturated carbocycles. The molecule has 1 unspecified atom stereocenters. The molecule has 0 aliphatic heterocycles. The van der Waals surface area contributed by atoms with E-state index < -0.39 is 87.1 Å². The summed E-state index contributed by atoms with van der Waals surface area (Å²) in [4.78, 5) is 91.7. The highest BCUT2D eigenvalue weighted by molar-refractivity contribution is 7.21. The molecule has 22 nitrogen and oxygen atoms in total. The second-order valence-electron chi connectivity index (χ2n) is 22.9. The van der Waals surface area contributed by atoms with E-state index in [4.69, 9.17) is 14.6 Å². The lowest BCUT2D eigenvalue weighted by molar-refractivity contribution is -0.130. The molecule has 26 heteroatoms. The number of rotatable bonds is 24. The number of nitrogens with one attached hydrogen (secondary N) is 2.